The summed E-state index contributed by atoms with van der Waals surface area (Å²) in [4.78, 5) is 4.80. The van der Waals surface area contributed by atoms with Crippen molar-refractivity contribution >= 4 is 140 Å². The highest BCUT2D eigenvalue weighted by Crippen LogP contribution is 2.47. The molecule has 0 spiro atoms. The lowest BCUT2D eigenvalue weighted by Gasteiger charge is -2.27. The van der Waals surface area contributed by atoms with Crippen molar-refractivity contribution in [2.45, 2.75) is 0 Å². The average Bonchev–Trinajstić information content (AvgIpc) is 4.21. The Labute approximate surface area is 501 Å². The molecule has 2 heterocycles. The van der Waals surface area contributed by atoms with E-state index in [9.17, 15) is 0 Å². The number of hydrogen-bond donors (Lipinski definition) is 0. The molecule has 0 saturated carbocycles. The molecule has 0 aliphatic heterocycles. The maximum Gasteiger partial charge on any atom is 0.0540 e. The van der Waals surface area contributed by atoms with Crippen molar-refractivity contribution in [1.82, 2.24) is 0 Å². The molecule has 0 aliphatic rings. The molecule has 0 atom stereocenters. The summed E-state index contributed by atoms with van der Waals surface area (Å²) < 4.78 is 7.25. The first-order chi connectivity index (χ1) is 40.4. The van der Waals surface area contributed by atoms with E-state index in [2.05, 4.69) is 333 Å². The number of fused-ring (bicyclic) bond motifs is 7. The zero-order valence-corrected chi connectivity index (χ0v) is 49.0. The van der Waals surface area contributed by atoms with Gasteiger partial charge in [0.15, 0.2) is 0 Å². The molecule has 0 aliphatic carbocycles. The molecule has 2 nitrogen and oxygen atoms in total. The van der Waals surface area contributed by atoms with Gasteiger partial charge in [-0.1, -0.05) is 202 Å². The maximum atomic E-state index is 3.67. The summed E-state index contributed by atoms with van der Waals surface area (Å²) in [6, 6.07) is 107. The van der Waals surface area contributed by atoms with Gasteiger partial charge in [-0.25, -0.2) is 0 Å². The van der Waals surface area contributed by atoms with Crippen LogP contribution in [-0.2, 0) is 0 Å². The quantitative estimate of drug-likeness (QED) is 0.127. The molecular formula is C76H48Br2N2S2. The van der Waals surface area contributed by atoms with Gasteiger partial charge in [-0.05, 0) is 182 Å². The van der Waals surface area contributed by atoms with Crippen LogP contribution in [0, 0.1) is 0 Å². The van der Waals surface area contributed by atoms with Crippen LogP contribution in [0.4, 0.5) is 34.1 Å². The summed E-state index contributed by atoms with van der Waals surface area (Å²) in [7, 11) is 0. The minimum atomic E-state index is 1.06. The van der Waals surface area contributed by atoms with Crippen molar-refractivity contribution in [2.24, 2.45) is 0 Å². The van der Waals surface area contributed by atoms with Crippen molar-refractivity contribution in [2.75, 3.05) is 9.80 Å². The Hall–Kier alpha value is -8.88. The van der Waals surface area contributed by atoms with Crippen LogP contribution in [-0.4, -0.2) is 0 Å². The third-order valence-electron chi connectivity index (χ3n) is 15.8. The Morgan fingerprint density at radius 1 is 0.232 bits per heavy atom. The van der Waals surface area contributed by atoms with Crippen LogP contribution in [0.5, 0.6) is 0 Å². The molecule has 388 valence electrons. The van der Waals surface area contributed by atoms with Gasteiger partial charge in [-0.2, -0.15) is 0 Å². The number of nitrogens with zero attached hydrogens (tertiary/aromatic N) is 2. The van der Waals surface area contributed by atoms with Crippen molar-refractivity contribution in [1.29, 1.82) is 0 Å². The van der Waals surface area contributed by atoms with Gasteiger partial charge >= 0.3 is 0 Å². The van der Waals surface area contributed by atoms with E-state index in [0.717, 1.165) is 48.6 Å². The monoisotopic (exact) mass is 1210 g/mol. The Bertz CT molecular complexity index is 4850. The first-order valence-corrected chi connectivity index (χ1v) is 30.6. The van der Waals surface area contributed by atoms with Crippen LogP contribution in [0.2, 0.25) is 0 Å². The predicted molar refractivity (Wildman–Crippen MR) is 362 cm³/mol. The topological polar surface area (TPSA) is 6.48 Å². The van der Waals surface area contributed by atoms with E-state index in [4.69, 9.17) is 0 Å². The van der Waals surface area contributed by atoms with Crippen LogP contribution in [0.15, 0.2) is 300 Å². The molecule has 13 aromatic carbocycles. The Morgan fingerprint density at radius 2 is 0.671 bits per heavy atom. The Kier molecular flexibility index (Phi) is 13.0. The Morgan fingerprint density at radius 3 is 1.33 bits per heavy atom. The lowest BCUT2D eigenvalue weighted by Crippen LogP contribution is -2.10. The number of benzene rings is 13. The lowest BCUT2D eigenvalue weighted by atomic mass is 9.90. The third-order valence-corrected chi connectivity index (χ3v) is 19.2. The second-order valence-electron chi connectivity index (χ2n) is 20.7. The first-order valence-electron chi connectivity index (χ1n) is 27.4. The lowest BCUT2D eigenvalue weighted by molar-refractivity contribution is 1.29. The molecule has 6 heteroatoms. The smallest absolute Gasteiger partial charge is 0.0540 e. The molecule has 15 rings (SSSR count). The second kappa shape index (κ2) is 21.2. The number of anilines is 6. The Balaban J connectivity index is 0.805. The summed E-state index contributed by atoms with van der Waals surface area (Å²) in [6.45, 7) is 0. The highest BCUT2D eigenvalue weighted by atomic mass is 79.9. The minimum Gasteiger partial charge on any atom is -0.310 e. The summed E-state index contributed by atoms with van der Waals surface area (Å²) in [6.07, 6.45) is 0. The van der Waals surface area contributed by atoms with E-state index in [1.54, 1.807) is 0 Å². The number of rotatable bonds is 11. The van der Waals surface area contributed by atoms with Gasteiger partial charge < -0.3 is 9.80 Å². The molecule has 2 aromatic heterocycles. The third kappa shape index (κ3) is 9.38. The van der Waals surface area contributed by atoms with Crippen LogP contribution < -0.4 is 9.80 Å². The highest BCUT2D eigenvalue weighted by Gasteiger charge is 2.20. The minimum absolute atomic E-state index is 1.06. The number of para-hydroxylation sites is 1. The van der Waals surface area contributed by atoms with Crippen LogP contribution in [0.3, 0.4) is 0 Å². The van der Waals surface area contributed by atoms with Gasteiger partial charge in [0.1, 0.15) is 0 Å². The second-order valence-corrected chi connectivity index (χ2v) is 24.7. The van der Waals surface area contributed by atoms with Crippen molar-refractivity contribution < 1.29 is 0 Å². The van der Waals surface area contributed by atoms with Gasteiger partial charge in [0.05, 0.1) is 5.69 Å². The molecule has 0 N–H and O–H groups in total. The molecule has 0 unspecified atom stereocenters. The summed E-state index contributed by atoms with van der Waals surface area (Å²) in [5, 5.41) is 7.47. The fourth-order valence-electron chi connectivity index (χ4n) is 11.7. The number of halogens is 2. The molecule has 0 radical (unpaired) electrons. The SMILES string of the molecule is Brc1ccc(-c2ccc(-c3ccc(N(c4ccc5sc6cc(-c7cc(-c8ccc(Br)cc8)ccc7-c7ccc(N(c8ccccc8)c8ccc9sc%10ccccc%10c9c8)cc7)ccc6c5c4)c4cccc5ccccc45)cc3)cc2)cc1. The maximum absolute atomic E-state index is 3.67. The molecule has 0 fully saturated rings. The van der Waals surface area contributed by atoms with Crippen molar-refractivity contribution in [3.05, 3.63) is 300 Å². The van der Waals surface area contributed by atoms with Crippen LogP contribution in [0.1, 0.15) is 0 Å². The number of hydrogen-bond acceptors (Lipinski definition) is 4. The normalized spacial score (nSPS) is 11.5. The van der Waals surface area contributed by atoms with E-state index in [-0.39, 0.29) is 0 Å². The average molecular weight is 1210 g/mol. The standard InChI is InChI=1S/C76H48Br2N2S2/c77-58-31-21-51(22-32-58)49-17-19-50(20-18-49)52-25-35-62(36-26-52)80(72-15-8-10-54-9-4-5-13-66(54)72)64-40-44-75-71(48-64)68-42-30-57(46-76(68)82-75)69-45-56(53-23-33-59(78)34-24-53)29-41-65(69)55-27-37-61(38-28-55)79(60-11-2-1-3-12-60)63-39-43-74-70(47-63)67-14-6-7-16-73(67)81-74/h1-48H. The zero-order valence-electron chi connectivity index (χ0n) is 44.2. The predicted octanol–water partition coefficient (Wildman–Crippen LogP) is 24.4. The fourth-order valence-corrected chi connectivity index (χ4v) is 14.5. The highest BCUT2D eigenvalue weighted by molar-refractivity contribution is 9.10. The summed E-state index contributed by atoms with van der Waals surface area (Å²) in [5.74, 6) is 0. The van der Waals surface area contributed by atoms with Crippen molar-refractivity contribution in [3.8, 4) is 55.6 Å². The van der Waals surface area contributed by atoms with E-state index >= 15 is 0 Å². The van der Waals surface area contributed by atoms with Gasteiger partial charge in [0.2, 0.25) is 0 Å². The molecule has 0 saturated heterocycles. The van der Waals surface area contributed by atoms with E-state index in [0.29, 0.717) is 0 Å². The number of thiophene rings is 2. The van der Waals surface area contributed by atoms with E-state index in [1.807, 2.05) is 22.7 Å². The van der Waals surface area contributed by atoms with Gasteiger partial charge in [0.25, 0.3) is 0 Å². The van der Waals surface area contributed by atoms with E-state index in [1.165, 1.54) is 101 Å². The molecule has 15 aromatic rings. The van der Waals surface area contributed by atoms with E-state index < -0.39 is 0 Å². The summed E-state index contributed by atoms with van der Waals surface area (Å²) in [5.41, 5.74) is 18.5. The first kappa shape index (κ1) is 50.1. The largest absolute Gasteiger partial charge is 0.310 e. The van der Waals surface area contributed by atoms with Crippen LogP contribution >= 0.6 is 54.5 Å². The van der Waals surface area contributed by atoms with Gasteiger partial charge in [-0.15, -0.1) is 22.7 Å². The summed E-state index contributed by atoms with van der Waals surface area (Å²) >= 11 is 11.0. The van der Waals surface area contributed by atoms with Gasteiger partial charge in [0, 0.05) is 83.1 Å². The van der Waals surface area contributed by atoms with Crippen molar-refractivity contribution in [3.63, 3.8) is 0 Å². The fraction of sp³-hybridized carbons (Fsp3) is 0. The molecular weight excluding hydrogens is 1160 g/mol. The molecule has 82 heavy (non-hydrogen) atoms. The van der Waals surface area contributed by atoms with Gasteiger partial charge in [-0.3, -0.25) is 0 Å². The van der Waals surface area contributed by atoms with Crippen LogP contribution in [0.25, 0.3) is 107 Å². The zero-order chi connectivity index (χ0) is 54.7. The molecule has 0 amide bonds. The molecule has 0 bridgehead atoms.